The van der Waals surface area contributed by atoms with Gasteiger partial charge in [-0.05, 0) is 46.1 Å². The Bertz CT molecular complexity index is 1000. The summed E-state index contributed by atoms with van der Waals surface area (Å²) in [6, 6.07) is 2.27. The summed E-state index contributed by atoms with van der Waals surface area (Å²) in [6.07, 6.45) is 1.09. The monoisotopic (exact) mass is 420 g/mol. The van der Waals surface area contributed by atoms with E-state index < -0.39 is 34.5 Å². The van der Waals surface area contributed by atoms with Crippen molar-refractivity contribution in [3.8, 4) is 0 Å². The molecule has 3 rings (SSSR count). The van der Waals surface area contributed by atoms with Crippen molar-refractivity contribution in [2.24, 2.45) is 0 Å². The predicted octanol–water partition coefficient (Wildman–Crippen LogP) is 3.71. The van der Waals surface area contributed by atoms with Crippen LogP contribution in [0.4, 0.5) is 16.3 Å². The van der Waals surface area contributed by atoms with Crippen LogP contribution in [0.25, 0.3) is 10.9 Å². The zero-order chi connectivity index (χ0) is 22.2. The molecule has 0 saturated carbocycles. The van der Waals surface area contributed by atoms with Crippen molar-refractivity contribution in [2.75, 3.05) is 18.6 Å². The maximum Gasteiger partial charge on any atom is 0.415 e. The van der Waals surface area contributed by atoms with E-state index in [2.05, 4.69) is 5.10 Å². The van der Waals surface area contributed by atoms with Crippen LogP contribution in [0.5, 0.6) is 0 Å². The molecule has 0 radical (unpaired) electrons. The lowest BCUT2D eigenvalue weighted by Crippen LogP contribution is -2.34. The lowest BCUT2D eigenvalue weighted by atomic mass is 10.1. The smallest absolute Gasteiger partial charge is 0.415 e. The molecule has 2 aromatic rings. The molecule has 11 heteroatoms. The molecule has 1 aromatic heterocycles. The summed E-state index contributed by atoms with van der Waals surface area (Å²) in [4.78, 5) is 36.3. The predicted molar refractivity (Wildman–Crippen MR) is 107 cm³/mol. The highest BCUT2D eigenvalue weighted by Crippen LogP contribution is 2.38. The van der Waals surface area contributed by atoms with Gasteiger partial charge in [0.1, 0.15) is 11.0 Å². The number of aromatic nitrogens is 2. The molecule has 0 bridgehead atoms. The fourth-order valence-electron chi connectivity index (χ4n) is 3.28. The minimum Gasteiger partial charge on any atom is -0.478 e. The number of carbonyl (C=O) groups excluding carboxylic acids is 1. The summed E-state index contributed by atoms with van der Waals surface area (Å²) in [7, 11) is 1.40. The van der Waals surface area contributed by atoms with E-state index in [1.165, 1.54) is 17.8 Å². The number of anilines is 1. The van der Waals surface area contributed by atoms with E-state index in [1.54, 1.807) is 20.8 Å². The summed E-state index contributed by atoms with van der Waals surface area (Å²) in [5, 5.41) is 25.6. The molecule has 1 saturated heterocycles. The van der Waals surface area contributed by atoms with Crippen molar-refractivity contribution in [3.63, 3.8) is 0 Å². The van der Waals surface area contributed by atoms with E-state index in [1.807, 2.05) is 0 Å². The topological polar surface area (TPSA) is 137 Å². The number of benzene rings is 1. The number of non-ortho nitro benzene ring substituents is 1. The average molecular weight is 420 g/mol. The number of rotatable bonds is 4. The SMILES string of the molecule is CN(C(=O)OC(C)(C)C)c1nn(C2CCCCO2)c2cc(C(=O)O)cc([N+](=O)[O-])c12. The molecule has 30 heavy (non-hydrogen) atoms. The first-order chi connectivity index (χ1) is 14.0. The Balaban J connectivity index is 2.24. The van der Waals surface area contributed by atoms with Gasteiger partial charge < -0.3 is 14.6 Å². The Hall–Kier alpha value is -3.21. The summed E-state index contributed by atoms with van der Waals surface area (Å²) in [6.45, 7) is 5.59. The van der Waals surface area contributed by atoms with Crippen molar-refractivity contribution >= 4 is 34.5 Å². The molecule has 2 heterocycles. The molecule has 1 aliphatic rings. The van der Waals surface area contributed by atoms with Crippen LogP contribution in [0, 0.1) is 10.1 Å². The highest BCUT2D eigenvalue weighted by Gasteiger charge is 2.32. The van der Waals surface area contributed by atoms with Crippen LogP contribution in [-0.4, -0.2) is 51.1 Å². The molecule has 0 aliphatic carbocycles. The molecule has 1 unspecified atom stereocenters. The van der Waals surface area contributed by atoms with Crippen molar-refractivity contribution in [3.05, 3.63) is 27.8 Å². The van der Waals surface area contributed by atoms with Gasteiger partial charge in [-0.15, -0.1) is 0 Å². The summed E-state index contributed by atoms with van der Waals surface area (Å²) >= 11 is 0. The lowest BCUT2D eigenvalue weighted by molar-refractivity contribution is -0.383. The summed E-state index contributed by atoms with van der Waals surface area (Å²) in [5.41, 5.74) is -1.28. The maximum atomic E-state index is 12.6. The van der Waals surface area contributed by atoms with Crippen LogP contribution in [0.1, 0.15) is 56.6 Å². The van der Waals surface area contributed by atoms with Gasteiger partial charge >= 0.3 is 12.1 Å². The Kier molecular flexibility index (Phi) is 5.66. The van der Waals surface area contributed by atoms with Crippen LogP contribution < -0.4 is 4.90 Å². The number of ether oxygens (including phenoxy) is 2. The van der Waals surface area contributed by atoms with Crippen LogP contribution >= 0.6 is 0 Å². The van der Waals surface area contributed by atoms with E-state index in [0.29, 0.717) is 13.0 Å². The second-order valence-electron chi connectivity index (χ2n) is 8.08. The second-order valence-corrected chi connectivity index (χ2v) is 8.08. The molecule has 11 nitrogen and oxygen atoms in total. The van der Waals surface area contributed by atoms with Gasteiger partial charge in [0.15, 0.2) is 12.0 Å². The number of nitro benzene ring substituents is 1. The fraction of sp³-hybridized carbons (Fsp3) is 0.526. The molecule has 1 atom stereocenters. The van der Waals surface area contributed by atoms with Gasteiger partial charge in [-0.25, -0.2) is 14.3 Å². The number of amides is 1. The zero-order valence-electron chi connectivity index (χ0n) is 17.2. The van der Waals surface area contributed by atoms with Gasteiger partial charge in [0.05, 0.1) is 16.0 Å². The number of nitrogens with zero attached hydrogens (tertiary/aromatic N) is 4. The number of carboxylic acid groups (broad SMARTS) is 1. The molecule has 1 N–H and O–H groups in total. The van der Waals surface area contributed by atoms with E-state index in [9.17, 15) is 24.8 Å². The Labute approximate surface area is 172 Å². The fourth-order valence-corrected chi connectivity index (χ4v) is 3.28. The third-order valence-corrected chi connectivity index (χ3v) is 4.63. The second kappa shape index (κ2) is 7.90. The van der Waals surface area contributed by atoms with Gasteiger partial charge in [0, 0.05) is 19.7 Å². The van der Waals surface area contributed by atoms with Crippen LogP contribution in [0.15, 0.2) is 12.1 Å². The first kappa shape index (κ1) is 21.5. The molecule has 1 aliphatic heterocycles. The molecular formula is C19H24N4O7. The van der Waals surface area contributed by atoms with Gasteiger partial charge in [-0.1, -0.05) is 0 Å². The maximum absolute atomic E-state index is 12.6. The van der Waals surface area contributed by atoms with Crippen molar-refractivity contribution in [1.82, 2.24) is 9.78 Å². The number of fused-ring (bicyclic) bond motifs is 1. The highest BCUT2D eigenvalue weighted by atomic mass is 16.6. The average Bonchev–Trinajstić information content (AvgIpc) is 3.05. The minimum atomic E-state index is -1.31. The number of hydrogen-bond acceptors (Lipinski definition) is 7. The van der Waals surface area contributed by atoms with Crippen LogP contribution in [0.3, 0.4) is 0 Å². The molecule has 1 amide bonds. The number of carbonyl (C=O) groups is 2. The molecule has 0 spiro atoms. The Morgan fingerprint density at radius 2 is 2.07 bits per heavy atom. The third-order valence-electron chi connectivity index (χ3n) is 4.63. The number of carboxylic acids is 1. The quantitative estimate of drug-likeness (QED) is 0.584. The largest absolute Gasteiger partial charge is 0.478 e. The number of hydrogen-bond donors (Lipinski definition) is 1. The molecule has 1 aromatic carbocycles. The minimum absolute atomic E-state index is 0.00272. The highest BCUT2D eigenvalue weighted by molar-refractivity contribution is 6.06. The molecule has 162 valence electrons. The first-order valence-corrected chi connectivity index (χ1v) is 9.52. The van der Waals surface area contributed by atoms with Crippen molar-refractivity contribution < 1.29 is 29.1 Å². The zero-order valence-corrected chi connectivity index (χ0v) is 17.2. The van der Waals surface area contributed by atoms with E-state index in [4.69, 9.17) is 9.47 Å². The number of aromatic carboxylic acids is 1. The van der Waals surface area contributed by atoms with Gasteiger partial charge in [-0.3, -0.25) is 15.0 Å². The van der Waals surface area contributed by atoms with E-state index in [0.717, 1.165) is 23.8 Å². The third kappa shape index (κ3) is 4.20. The molecular weight excluding hydrogens is 396 g/mol. The van der Waals surface area contributed by atoms with Gasteiger partial charge in [-0.2, -0.15) is 5.10 Å². The van der Waals surface area contributed by atoms with Crippen molar-refractivity contribution in [1.29, 1.82) is 0 Å². The van der Waals surface area contributed by atoms with Crippen LogP contribution in [-0.2, 0) is 9.47 Å². The van der Waals surface area contributed by atoms with Crippen molar-refractivity contribution in [2.45, 2.75) is 51.9 Å². The normalized spacial score (nSPS) is 17.0. The lowest BCUT2D eigenvalue weighted by Gasteiger charge is -2.24. The summed E-state index contributed by atoms with van der Waals surface area (Å²) in [5.74, 6) is -1.31. The number of nitro groups is 1. The summed E-state index contributed by atoms with van der Waals surface area (Å²) < 4.78 is 12.5. The van der Waals surface area contributed by atoms with Crippen LogP contribution in [0.2, 0.25) is 0 Å². The van der Waals surface area contributed by atoms with E-state index >= 15 is 0 Å². The Morgan fingerprint density at radius 1 is 1.37 bits per heavy atom. The molecule has 1 fully saturated rings. The first-order valence-electron chi connectivity index (χ1n) is 9.52. The van der Waals surface area contributed by atoms with Gasteiger partial charge in [0.25, 0.3) is 5.69 Å². The standard InChI is InChI=1S/C19H24N4O7/c1-19(2,3)30-18(26)21(4)16-15-12(22(20-16)14-7-5-6-8-29-14)9-11(17(24)25)10-13(15)23(27)28/h9-10,14H,5-8H2,1-4H3,(H,24,25). The van der Waals surface area contributed by atoms with Gasteiger partial charge in [0.2, 0.25) is 0 Å². The van der Waals surface area contributed by atoms with E-state index in [-0.39, 0.29) is 22.3 Å². The Morgan fingerprint density at radius 3 is 2.60 bits per heavy atom.